The van der Waals surface area contributed by atoms with E-state index in [2.05, 4.69) is 9.71 Å². The predicted molar refractivity (Wildman–Crippen MR) is 78.5 cm³/mol. The molecule has 0 bridgehead atoms. The Balaban J connectivity index is 1.69. The van der Waals surface area contributed by atoms with Gasteiger partial charge in [-0.3, -0.25) is 0 Å². The van der Waals surface area contributed by atoms with Crippen molar-refractivity contribution in [2.75, 3.05) is 6.54 Å². The smallest absolute Gasteiger partial charge is 0.240 e. The fourth-order valence-electron chi connectivity index (χ4n) is 2.63. The van der Waals surface area contributed by atoms with Gasteiger partial charge in [-0.15, -0.1) is 0 Å². The lowest BCUT2D eigenvalue weighted by Crippen LogP contribution is -2.26. The number of oxazole rings is 1. The molecule has 1 heterocycles. The number of hydrogen-bond acceptors (Lipinski definition) is 4. The van der Waals surface area contributed by atoms with E-state index in [1.54, 1.807) is 6.07 Å². The van der Waals surface area contributed by atoms with Crippen LogP contribution in [0, 0.1) is 0 Å². The van der Waals surface area contributed by atoms with Crippen molar-refractivity contribution in [2.24, 2.45) is 0 Å². The molecule has 3 rings (SSSR count). The van der Waals surface area contributed by atoms with Crippen LogP contribution in [0.15, 0.2) is 40.2 Å². The first-order valence-electron chi connectivity index (χ1n) is 7.14. The van der Waals surface area contributed by atoms with Crippen molar-refractivity contribution < 1.29 is 12.8 Å². The molecule has 5 nitrogen and oxygen atoms in total. The molecule has 1 aliphatic carbocycles. The molecule has 1 aromatic heterocycles. The van der Waals surface area contributed by atoms with Crippen LogP contribution in [0.1, 0.15) is 29.7 Å². The van der Waals surface area contributed by atoms with Gasteiger partial charge in [-0.25, -0.2) is 18.1 Å². The maximum absolute atomic E-state index is 12.3. The molecule has 112 valence electrons. The standard InChI is InChI=1S/C15H18N2O3S/c18-21(19,17-8-7-14-10-20-11-16-14)15-6-5-12-3-1-2-4-13(12)9-15/h5-6,9-11,17H,1-4,7-8H2. The highest BCUT2D eigenvalue weighted by molar-refractivity contribution is 7.89. The fraction of sp³-hybridized carbons (Fsp3) is 0.400. The zero-order valence-corrected chi connectivity index (χ0v) is 12.5. The van der Waals surface area contributed by atoms with Crippen LogP contribution in [0.4, 0.5) is 0 Å². The summed E-state index contributed by atoms with van der Waals surface area (Å²) in [7, 11) is -3.46. The van der Waals surface area contributed by atoms with Crippen LogP contribution in [0.25, 0.3) is 0 Å². The maximum Gasteiger partial charge on any atom is 0.240 e. The molecule has 1 aromatic carbocycles. The Morgan fingerprint density at radius 2 is 2.00 bits per heavy atom. The summed E-state index contributed by atoms with van der Waals surface area (Å²) >= 11 is 0. The number of rotatable bonds is 5. The van der Waals surface area contributed by atoms with Crippen LogP contribution >= 0.6 is 0 Å². The van der Waals surface area contributed by atoms with E-state index in [4.69, 9.17) is 4.42 Å². The van der Waals surface area contributed by atoms with E-state index in [1.807, 2.05) is 12.1 Å². The van der Waals surface area contributed by atoms with Gasteiger partial charge in [-0.05, 0) is 48.9 Å². The third-order valence-electron chi connectivity index (χ3n) is 3.79. The topological polar surface area (TPSA) is 72.2 Å². The van der Waals surface area contributed by atoms with Crippen LogP contribution < -0.4 is 4.72 Å². The highest BCUT2D eigenvalue weighted by atomic mass is 32.2. The van der Waals surface area contributed by atoms with E-state index in [-0.39, 0.29) is 0 Å². The second-order valence-corrected chi connectivity index (χ2v) is 7.03. The highest BCUT2D eigenvalue weighted by Crippen LogP contribution is 2.23. The third kappa shape index (κ3) is 3.33. The van der Waals surface area contributed by atoms with E-state index >= 15 is 0 Å². The Morgan fingerprint density at radius 1 is 1.19 bits per heavy atom. The van der Waals surface area contributed by atoms with E-state index in [0.29, 0.717) is 17.9 Å². The van der Waals surface area contributed by atoms with E-state index < -0.39 is 10.0 Å². The minimum absolute atomic E-state index is 0.311. The van der Waals surface area contributed by atoms with Gasteiger partial charge >= 0.3 is 0 Å². The average molecular weight is 306 g/mol. The van der Waals surface area contributed by atoms with Gasteiger partial charge in [0, 0.05) is 13.0 Å². The molecule has 0 radical (unpaired) electrons. The van der Waals surface area contributed by atoms with Gasteiger partial charge in [0.2, 0.25) is 10.0 Å². The molecular formula is C15H18N2O3S. The monoisotopic (exact) mass is 306 g/mol. The molecule has 0 amide bonds. The van der Waals surface area contributed by atoms with E-state index in [0.717, 1.165) is 25.0 Å². The van der Waals surface area contributed by atoms with Gasteiger partial charge in [-0.2, -0.15) is 0 Å². The lowest BCUT2D eigenvalue weighted by molar-refractivity contribution is 0.555. The van der Waals surface area contributed by atoms with Gasteiger partial charge in [-0.1, -0.05) is 6.07 Å². The molecule has 1 aliphatic rings. The van der Waals surface area contributed by atoms with E-state index in [9.17, 15) is 8.42 Å². The number of sulfonamides is 1. The molecule has 0 spiro atoms. The van der Waals surface area contributed by atoms with Crippen LogP contribution in [0.2, 0.25) is 0 Å². The molecule has 0 unspecified atom stereocenters. The Kier molecular flexibility index (Phi) is 4.07. The number of aryl methyl sites for hydroxylation is 2. The molecule has 0 aliphatic heterocycles. The van der Waals surface area contributed by atoms with Crippen LogP contribution in [-0.4, -0.2) is 19.9 Å². The lowest BCUT2D eigenvalue weighted by Gasteiger charge is -2.16. The second kappa shape index (κ2) is 5.99. The third-order valence-corrected chi connectivity index (χ3v) is 5.25. The summed E-state index contributed by atoms with van der Waals surface area (Å²) < 4.78 is 32.0. The molecule has 21 heavy (non-hydrogen) atoms. The normalized spacial score (nSPS) is 14.9. The van der Waals surface area contributed by atoms with Gasteiger partial charge < -0.3 is 4.42 Å². The molecule has 0 saturated heterocycles. The highest BCUT2D eigenvalue weighted by Gasteiger charge is 2.17. The number of fused-ring (bicyclic) bond motifs is 1. The van der Waals surface area contributed by atoms with Crippen molar-refractivity contribution in [2.45, 2.75) is 37.0 Å². The quantitative estimate of drug-likeness (QED) is 0.918. The summed E-state index contributed by atoms with van der Waals surface area (Å²) in [6.07, 6.45) is 7.72. The summed E-state index contributed by atoms with van der Waals surface area (Å²) in [5.41, 5.74) is 3.19. The summed E-state index contributed by atoms with van der Waals surface area (Å²) in [5.74, 6) is 0. The van der Waals surface area contributed by atoms with Gasteiger partial charge in [0.05, 0.1) is 10.6 Å². The first-order valence-corrected chi connectivity index (χ1v) is 8.62. The Morgan fingerprint density at radius 3 is 2.76 bits per heavy atom. The number of nitrogens with one attached hydrogen (secondary N) is 1. The zero-order valence-electron chi connectivity index (χ0n) is 11.7. The number of aromatic nitrogens is 1. The summed E-state index contributed by atoms with van der Waals surface area (Å²) in [6.45, 7) is 0.311. The van der Waals surface area contributed by atoms with Crippen molar-refractivity contribution in [3.05, 3.63) is 47.7 Å². The predicted octanol–water partition coefficient (Wildman–Crippen LogP) is 2.07. The first kappa shape index (κ1) is 14.3. The number of benzene rings is 1. The van der Waals surface area contributed by atoms with E-state index in [1.165, 1.54) is 30.2 Å². The van der Waals surface area contributed by atoms with Crippen molar-refractivity contribution in [3.63, 3.8) is 0 Å². The van der Waals surface area contributed by atoms with Crippen LogP contribution in [0.5, 0.6) is 0 Å². The molecule has 0 saturated carbocycles. The largest absolute Gasteiger partial charge is 0.451 e. The van der Waals surface area contributed by atoms with Gasteiger partial charge in [0.15, 0.2) is 6.39 Å². The average Bonchev–Trinajstić information content (AvgIpc) is 3.00. The number of nitrogens with zero attached hydrogens (tertiary/aromatic N) is 1. The first-order chi connectivity index (χ1) is 10.1. The second-order valence-electron chi connectivity index (χ2n) is 5.27. The lowest BCUT2D eigenvalue weighted by atomic mass is 9.92. The fourth-order valence-corrected chi connectivity index (χ4v) is 3.72. The van der Waals surface area contributed by atoms with Gasteiger partial charge in [0.1, 0.15) is 6.26 Å². The molecule has 0 fully saturated rings. The maximum atomic E-state index is 12.3. The molecule has 6 heteroatoms. The van der Waals surface area contributed by atoms with Gasteiger partial charge in [0.25, 0.3) is 0 Å². The van der Waals surface area contributed by atoms with Crippen molar-refractivity contribution in [3.8, 4) is 0 Å². The zero-order chi connectivity index (χ0) is 14.7. The van der Waals surface area contributed by atoms with Crippen LogP contribution in [0.3, 0.4) is 0 Å². The molecule has 0 atom stereocenters. The van der Waals surface area contributed by atoms with Crippen molar-refractivity contribution in [1.29, 1.82) is 0 Å². The molecular weight excluding hydrogens is 288 g/mol. The van der Waals surface area contributed by atoms with Crippen molar-refractivity contribution >= 4 is 10.0 Å². The summed E-state index contributed by atoms with van der Waals surface area (Å²) in [5, 5.41) is 0. The Labute approximate surface area is 124 Å². The number of hydrogen-bond donors (Lipinski definition) is 1. The SMILES string of the molecule is O=S(=O)(NCCc1cocn1)c1ccc2c(c1)CCCC2. The Hall–Kier alpha value is -1.66. The summed E-state index contributed by atoms with van der Waals surface area (Å²) in [6, 6.07) is 5.45. The minimum Gasteiger partial charge on any atom is -0.451 e. The van der Waals surface area contributed by atoms with Crippen molar-refractivity contribution in [1.82, 2.24) is 9.71 Å². The Bertz CT molecular complexity index is 709. The summed E-state index contributed by atoms with van der Waals surface area (Å²) in [4.78, 5) is 4.32. The minimum atomic E-state index is -3.46. The molecule has 2 aromatic rings. The van der Waals surface area contributed by atoms with Crippen LogP contribution in [-0.2, 0) is 29.3 Å². The molecule has 1 N–H and O–H groups in total.